The van der Waals surface area contributed by atoms with Gasteiger partial charge in [0.25, 0.3) is 0 Å². The number of rotatable bonds is 2. The molecule has 0 fully saturated rings. The van der Waals surface area contributed by atoms with Gasteiger partial charge in [0.05, 0.1) is 6.26 Å². The number of benzene rings is 1. The molecule has 0 unspecified atom stereocenters. The largest absolute Gasteiger partial charge is 0.383 e. The zero-order chi connectivity index (χ0) is 10.1. The van der Waals surface area contributed by atoms with Crippen molar-refractivity contribution in [2.24, 2.45) is 0 Å². The number of hydrogen-bond acceptors (Lipinski definition) is 3. The summed E-state index contributed by atoms with van der Waals surface area (Å²) in [5.74, 6) is 0.289. The molecular weight excluding hydrogens is 324 g/mol. The van der Waals surface area contributed by atoms with E-state index in [1.54, 1.807) is 18.2 Å². The molecule has 0 bridgehead atoms. The zero-order valence-electron chi connectivity index (χ0n) is 6.62. The molecule has 13 heavy (non-hydrogen) atoms. The van der Waals surface area contributed by atoms with Gasteiger partial charge in [-0.25, -0.2) is 0 Å². The van der Waals surface area contributed by atoms with Crippen LogP contribution in [0.25, 0.3) is 0 Å². The van der Waals surface area contributed by atoms with Crippen LogP contribution in [0.5, 0.6) is 5.75 Å². The molecule has 0 radical (unpaired) electrons. The van der Waals surface area contributed by atoms with Crippen molar-refractivity contribution >= 4 is 42.0 Å². The van der Waals surface area contributed by atoms with E-state index in [4.69, 9.17) is 0 Å². The molecule has 1 aromatic carbocycles. The minimum atomic E-state index is -3.44. The molecule has 1 aromatic rings. The Morgan fingerprint density at radius 2 is 1.85 bits per heavy atom. The zero-order valence-corrected chi connectivity index (χ0v) is 10.6. The van der Waals surface area contributed by atoms with Gasteiger partial charge in [-0.05, 0) is 50.1 Å². The van der Waals surface area contributed by atoms with Crippen LogP contribution >= 0.6 is 31.9 Å². The fraction of sp³-hybridized carbons (Fsp3) is 0.143. The average molecular weight is 330 g/mol. The van der Waals surface area contributed by atoms with Crippen molar-refractivity contribution < 1.29 is 12.6 Å². The Balaban J connectivity index is 2.99. The molecule has 0 aliphatic heterocycles. The quantitative estimate of drug-likeness (QED) is 0.783. The predicted octanol–water partition coefficient (Wildman–Crippen LogP) is 2.55. The highest BCUT2D eigenvalue weighted by Gasteiger charge is 2.05. The predicted molar refractivity (Wildman–Crippen MR) is 57.3 cm³/mol. The van der Waals surface area contributed by atoms with Gasteiger partial charge in [0.2, 0.25) is 0 Å². The lowest BCUT2D eigenvalue weighted by Crippen LogP contribution is -2.05. The van der Waals surface area contributed by atoms with Gasteiger partial charge in [0.1, 0.15) is 5.75 Å². The molecule has 0 N–H and O–H groups in total. The van der Waals surface area contributed by atoms with Crippen LogP contribution in [0.3, 0.4) is 0 Å². The van der Waals surface area contributed by atoms with Crippen LogP contribution in [0.1, 0.15) is 0 Å². The second-order valence-corrected chi connectivity index (χ2v) is 5.65. The van der Waals surface area contributed by atoms with E-state index in [2.05, 4.69) is 36.0 Å². The third-order valence-electron chi connectivity index (χ3n) is 1.14. The van der Waals surface area contributed by atoms with Crippen molar-refractivity contribution in [3.63, 3.8) is 0 Å². The Morgan fingerprint density at radius 1 is 1.23 bits per heavy atom. The van der Waals surface area contributed by atoms with Crippen molar-refractivity contribution in [2.45, 2.75) is 0 Å². The van der Waals surface area contributed by atoms with Gasteiger partial charge in [-0.3, -0.25) is 0 Å². The minimum absolute atomic E-state index is 0.289. The first-order chi connectivity index (χ1) is 5.88. The van der Waals surface area contributed by atoms with E-state index in [0.29, 0.717) is 0 Å². The van der Waals surface area contributed by atoms with E-state index in [9.17, 15) is 8.42 Å². The molecule has 3 nitrogen and oxygen atoms in total. The molecule has 6 heteroatoms. The topological polar surface area (TPSA) is 43.4 Å². The minimum Gasteiger partial charge on any atom is -0.383 e. The van der Waals surface area contributed by atoms with E-state index in [-0.39, 0.29) is 5.75 Å². The number of halogens is 2. The molecule has 0 spiro atoms. The molecule has 0 heterocycles. The monoisotopic (exact) mass is 328 g/mol. The summed E-state index contributed by atoms with van der Waals surface area (Å²) in [6.45, 7) is 0. The molecule has 0 aliphatic carbocycles. The van der Waals surface area contributed by atoms with Crippen LogP contribution < -0.4 is 4.18 Å². The summed E-state index contributed by atoms with van der Waals surface area (Å²) in [4.78, 5) is 0. The molecule has 0 saturated heterocycles. The Kier molecular flexibility index (Phi) is 3.37. The lowest BCUT2D eigenvalue weighted by Gasteiger charge is -2.03. The summed E-state index contributed by atoms with van der Waals surface area (Å²) < 4.78 is 27.7. The van der Waals surface area contributed by atoms with E-state index in [1.165, 1.54) is 0 Å². The van der Waals surface area contributed by atoms with Gasteiger partial charge >= 0.3 is 10.1 Å². The summed E-state index contributed by atoms with van der Waals surface area (Å²) in [7, 11) is -3.44. The normalized spacial score (nSPS) is 11.3. The molecule has 72 valence electrons. The van der Waals surface area contributed by atoms with E-state index in [0.717, 1.165) is 15.2 Å². The molecule has 0 aliphatic rings. The van der Waals surface area contributed by atoms with E-state index >= 15 is 0 Å². The van der Waals surface area contributed by atoms with Gasteiger partial charge in [0, 0.05) is 8.95 Å². The van der Waals surface area contributed by atoms with Gasteiger partial charge in [-0.2, -0.15) is 8.42 Å². The summed E-state index contributed by atoms with van der Waals surface area (Å²) >= 11 is 6.49. The lowest BCUT2D eigenvalue weighted by atomic mass is 10.3. The molecule has 0 aromatic heterocycles. The maximum absolute atomic E-state index is 10.7. The van der Waals surface area contributed by atoms with Crippen LogP contribution in [0, 0.1) is 0 Å². The molecule has 0 saturated carbocycles. The van der Waals surface area contributed by atoms with E-state index < -0.39 is 10.1 Å². The Hall–Kier alpha value is -0.0700. The van der Waals surface area contributed by atoms with Crippen molar-refractivity contribution in [3.05, 3.63) is 27.1 Å². The maximum atomic E-state index is 10.7. The highest BCUT2D eigenvalue weighted by atomic mass is 79.9. The van der Waals surface area contributed by atoms with Crippen molar-refractivity contribution in [1.29, 1.82) is 0 Å². The Bertz CT molecular complexity index is 414. The highest BCUT2D eigenvalue weighted by molar-refractivity contribution is 9.13. The smallest absolute Gasteiger partial charge is 0.306 e. The summed E-state index contributed by atoms with van der Waals surface area (Å²) in [6.07, 6.45) is 1.00. The average Bonchev–Trinajstić information content (AvgIpc) is 1.94. The fourth-order valence-electron chi connectivity index (χ4n) is 0.703. The first-order valence-corrected chi connectivity index (χ1v) is 6.63. The van der Waals surface area contributed by atoms with Crippen molar-refractivity contribution in [3.8, 4) is 5.75 Å². The molecule has 1 rings (SSSR count). The second kappa shape index (κ2) is 3.98. The summed E-state index contributed by atoms with van der Waals surface area (Å²) in [5, 5.41) is 0. The lowest BCUT2D eigenvalue weighted by molar-refractivity contribution is 0.493. The van der Waals surface area contributed by atoms with Gasteiger partial charge in [-0.15, -0.1) is 0 Å². The maximum Gasteiger partial charge on any atom is 0.306 e. The van der Waals surface area contributed by atoms with Gasteiger partial charge in [0.15, 0.2) is 0 Å². The van der Waals surface area contributed by atoms with E-state index in [1.807, 2.05) is 0 Å². The Labute approximate surface area is 93.5 Å². The first-order valence-electron chi connectivity index (χ1n) is 3.23. The Morgan fingerprint density at radius 3 is 2.31 bits per heavy atom. The van der Waals surface area contributed by atoms with Crippen LogP contribution in [0.15, 0.2) is 27.1 Å². The molecule has 0 amide bonds. The van der Waals surface area contributed by atoms with Gasteiger partial charge in [-0.1, -0.05) is 0 Å². The van der Waals surface area contributed by atoms with Crippen molar-refractivity contribution in [1.82, 2.24) is 0 Å². The fourth-order valence-corrected chi connectivity index (χ4v) is 1.76. The van der Waals surface area contributed by atoms with Crippen LogP contribution in [-0.2, 0) is 10.1 Å². The summed E-state index contributed by atoms with van der Waals surface area (Å²) in [5.41, 5.74) is 0. The standard InChI is InChI=1S/C7H6Br2O3S/c1-13(10,11)12-5-2-3-6(8)7(9)4-5/h2-4H,1H3. The van der Waals surface area contributed by atoms with Crippen LogP contribution in [-0.4, -0.2) is 14.7 Å². The third kappa shape index (κ3) is 3.66. The van der Waals surface area contributed by atoms with Gasteiger partial charge < -0.3 is 4.18 Å². The first kappa shape index (κ1) is 11.0. The van der Waals surface area contributed by atoms with Crippen molar-refractivity contribution in [2.75, 3.05) is 6.26 Å². The molecular formula is C7H6Br2O3S. The summed E-state index contributed by atoms with van der Waals surface area (Å²) in [6, 6.07) is 4.84. The SMILES string of the molecule is CS(=O)(=O)Oc1ccc(Br)c(Br)c1. The van der Waals surface area contributed by atoms with Crippen LogP contribution in [0.2, 0.25) is 0 Å². The highest BCUT2D eigenvalue weighted by Crippen LogP contribution is 2.27. The van der Waals surface area contributed by atoms with Crippen LogP contribution in [0.4, 0.5) is 0 Å². The third-order valence-corrected chi connectivity index (χ3v) is 3.51. The number of hydrogen-bond donors (Lipinski definition) is 0. The molecule has 0 atom stereocenters. The second-order valence-electron chi connectivity index (χ2n) is 2.36.